The molecule has 1 saturated heterocycles. The molecular weight excluding hydrogens is 468 g/mol. The van der Waals surface area contributed by atoms with Crippen LogP contribution in [0.3, 0.4) is 0 Å². The van der Waals surface area contributed by atoms with Crippen LogP contribution in [0.2, 0.25) is 0 Å². The van der Waals surface area contributed by atoms with Gasteiger partial charge in [0.1, 0.15) is 28.8 Å². The van der Waals surface area contributed by atoms with Crippen LogP contribution in [-0.2, 0) is 11.8 Å². The molecule has 0 aliphatic carbocycles. The number of carbonyl (C=O) groups is 1. The minimum absolute atomic E-state index is 0.0916. The summed E-state index contributed by atoms with van der Waals surface area (Å²) in [5.41, 5.74) is 4.19. The van der Waals surface area contributed by atoms with Crippen molar-refractivity contribution in [1.82, 2.24) is 30.0 Å². The highest BCUT2D eigenvalue weighted by atomic mass is 16.5. The van der Waals surface area contributed by atoms with Crippen LogP contribution in [0.15, 0.2) is 41.3 Å². The van der Waals surface area contributed by atoms with Gasteiger partial charge in [0.05, 0.1) is 6.20 Å². The Bertz CT molecular complexity index is 1430. The Kier molecular flexibility index (Phi) is 6.59. The number of likely N-dealkylation sites (N-methyl/N-ethyl adjacent to an activating group) is 1. The monoisotopic (exact) mass is 500 g/mol. The molecule has 10 heteroatoms. The number of nitrogens with one attached hydrogen (secondary N) is 1. The number of hydrogen-bond donors (Lipinski definition) is 1. The van der Waals surface area contributed by atoms with Crippen molar-refractivity contribution < 1.29 is 9.32 Å². The summed E-state index contributed by atoms with van der Waals surface area (Å²) in [5.74, 6) is 1.87. The number of fused-ring (bicyclic) bond motifs is 1. The molecule has 3 aromatic heterocycles. The Morgan fingerprint density at radius 3 is 2.59 bits per heavy atom. The molecule has 37 heavy (non-hydrogen) atoms. The quantitative estimate of drug-likeness (QED) is 0.391. The van der Waals surface area contributed by atoms with Crippen LogP contribution in [-0.4, -0.2) is 69.0 Å². The molecule has 4 aromatic rings. The normalized spacial score (nSPS) is 14.8. The average molecular weight is 501 g/mol. The lowest BCUT2D eigenvalue weighted by Gasteiger charge is -2.32. The third-order valence-electron chi connectivity index (χ3n) is 6.61. The first-order chi connectivity index (χ1) is 17.7. The van der Waals surface area contributed by atoms with Gasteiger partial charge in [-0.25, -0.2) is 19.9 Å². The van der Waals surface area contributed by atoms with E-state index in [1.54, 1.807) is 12.3 Å². The minimum Gasteiger partial charge on any atom is -0.360 e. The van der Waals surface area contributed by atoms with Crippen LogP contribution >= 0.6 is 0 Å². The molecule has 0 radical (unpaired) electrons. The van der Waals surface area contributed by atoms with Gasteiger partial charge in [-0.05, 0) is 31.2 Å². The molecule has 0 spiro atoms. The van der Waals surface area contributed by atoms with E-state index in [-0.39, 0.29) is 17.6 Å². The molecule has 1 aliphatic heterocycles. The van der Waals surface area contributed by atoms with Crippen molar-refractivity contribution in [2.45, 2.75) is 39.5 Å². The van der Waals surface area contributed by atoms with Gasteiger partial charge in [-0.3, -0.25) is 4.79 Å². The summed E-state index contributed by atoms with van der Waals surface area (Å²) >= 11 is 0. The molecule has 0 amide bonds. The number of piperazine rings is 1. The predicted molar refractivity (Wildman–Crippen MR) is 143 cm³/mol. The zero-order valence-electron chi connectivity index (χ0n) is 21.9. The van der Waals surface area contributed by atoms with E-state index in [2.05, 4.69) is 42.3 Å². The van der Waals surface area contributed by atoms with Gasteiger partial charge in [-0.15, -0.1) is 0 Å². The van der Waals surface area contributed by atoms with Gasteiger partial charge in [0.25, 0.3) is 0 Å². The SMILES string of the molecule is Cc1ccc(CC(=O)c2cc(C(C)(C)C)on2)cc1Nc1ncnc2cnc(N3CCN(C)CC3)nc12. The number of rotatable bonds is 6. The molecule has 5 rings (SSSR count). The third-order valence-corrected chi connectivity index (χ3v) is 6.61. The van der Waals surface area contributed by atoms with Gasteiger partial charge in [0.15, 0.2) is 11.6 Å². The summed E-state index contributed by atoms with van der Waals surface area (Å²) in [7, 11) is 2.12. The Morgan fingerprint density at radius 2 is 1.86 bits per heavy atom. The number of aromatic nitrogens is 5. The molecule has 1 aromatic carbocycles. The Morgan fingerprint density at radius 1 is 1.08 bits per heavy atom. The molecular formula is C27H32N8O2. The fraction of sp³-hybridized carbons (Fsp3) is 0.407. The molecule has 1 fully saturated rings. The van der Waals surface area contributed by atoms with Crippen molar-refractivity contribution in [3.63, 3.8) is 0 Å². The Balaban J connectivity index is 1.38. The van der Waals surface area contributed by atoms with E-state index in [1.165, 1.54) is 6.33 Å². The highest BCUT2D eigenvalue weighted by molar-refractivity contribution is 5.96. The van der Waals surface area contributed by atoms with E-state index in [1.807, 2.05) is 45.9 Å². The average Bonchev–Trinajstić information content (AvgIpc) is 3.38. The zero-order chi connectivity index (χ0) is 26.2. The molecule has 192 valence electrons. The molecule has 4 heterocycles. The topological polar surface area (TPSA) is 113 Å². The van der Waals surface area contributed by atoms with Gasteiger partial charge >= 0.3 is 0 Å². The number of ketones is 1. The van der Waals surface area contributed by atoms with Crippen LogP contribution in [0.1, 0.15) is 48.1 Å². The lowest BCUT2D eigenvalue weighted by Crippen LogP contribution is -2.45. The molecule has 1 aliphatic rings. The second kappa shape index (κ2) is 9.85. The maximum Gasteiger partial charge on any atom is 0.226 e. The van der Waals surface area contributed by atoms with E-state index in [9.17, 15) is 4.79 Å². The van der Waals surface area contributed by atoms with Crippen molar-refractivity contribution in [1.29, 1.82) is 0 Å². The highest BCUT2D eigenvalue weighted by Crippen LogP contribution is 2.27. The molecule has 0 unspecified atom stereocenters. The summed E-state index contributed by atoms with van der Waals surface area (Å²) in [6, 6.07) is 7.64. The lowest BCUT2D eigenvalue weighted by atomic mass is 9.93. The first-order valence-electron chi connectivity index (χ1n) is 12.5. The van der Waals surface area contributed by atoms with Crippen molar-refractivity contribution in [2.24, 2.45) is 0 Å². The van der Waals surface area contributed by atoms with E-state index in [0.717, 1.165) is 43.0 Å². The van der Waals surface area contributed by atoms with E-state index in [4.69, 9.17) is 9.51 Å². The van der Waals surface area contributed by atoms with Crippen molar-refractivity contribution >= 4 is 34.3 Å². The van der Waals surface area contributed by atoms with Gasteiger partial charge in [-0.2, -0.15) is 0 Å². The fourth-order valence-electron chi connectivity index (χ4n) is 4.17. The Hall–Kier alpha value is -3.92. The summed E-state index contributed by atoms with van der Waals surface area (Å²) in [5, 5.41) is 7.41. The number of hydrogen-bond acceptors (Lipinski definition) is 10. The highest BCUT2D eigenvalue weighted by Gasteiger charge is 2.22. The maximum absolute atomic E-state index is 12.9. The van der Waals surface area contributed by atoms with Crippen molar-refractivity contribution in [2.75, 3.05) is 43.4 Å². The van der Waals surface area contributed by atoms with E-state index >= 15 is 0 Å². The summed E-state index contributed by atoms with van der Waals surface area (Å²) in [4.78, 5) is 35.6. The molecule has 0 atom stereocenters. The summed E-state index contributed by atoms with van der Waals surface area (Å²) in [6.07, 6.45) is 3.46. The molecule has 0 saturated carbocycles. The summed E-state index contributed by atoms with van der Waals surface area (Å²) < 4.78 is 5.39. The molecule has 0 bridgehead atoms. The van der Waals surface area contributed by atoms with Crippen LogP contribution in [0, 0.1) is 6.92 Å². The number of aryl methyl sites for hydroxylation is 1. The minimum atomic E-state index is -0.208. The number of Topliss-reactive ketones (excluding diaryl/α,β-unsaturated/α-hetero) is 1. The predicted octanol–water partition coefficient (Wildman–Crippen LogP) is 3.93. The largest absolute Gasteiger partial charge is 0.360 e. The maximum atomic E-state index is 12.9. The number of benzene rings is 1. The van der Waals surface area contributed by atoms with E-state index in [0.29, 0.717) is 34.3 Å². The zero-order valence-corrected chi connectivity index (χ0v) is 21.9. The Labute approximate surface area is 216 Å². The van der Waals surface area contributed by atoms with Gasteiger partial charge in [0, 0.05) is 49.8 Å². The van der Waals surface area contributed by atoms with Crippen LogP contribution in [0.4, 0.5) is 17.5 Å². The number of anilines is 3. The number of nitrogens with zero attached hydrogens (tertiary/aromatic N) is 7. The lowest BCUT2D eigenvalue weighted by molar-refractivity contribution is 0.0984. The smallest absolute Gasteiger partial charge is 0.226 e. The van der Waals surface area contributed by atoms with Crippen LogP contribution in [0.5, 0.6) is 0 Å². The van der Waals surface area contributed by atoms with Crippen molar-refractivity contribution in [3.05, 3.63) is 59.4 Å². The van der Waals surface area contributed by atoms with Crippen LogP contribution in [0.25, 0.3) is 11.0 Å². The molecule has 10 nitrogen and oxygen atoms in total. The second-order valence-corrected chi connectivity index (χ2v) is 10.6. The van der Waals surface area contributed by atoms with E-state index < -0.39 is 0 Å². The first-order valence-corrected chi connectivity index (χ1v) is 12.5. The summed E-state index contributed by atoms with van der Waals surface area (Å²) in [6.45, 7) is 11.8. The van der Waals surface area contributed by atoms with Gasteiger partial charge in [-0.1, -0.05) is 38.1 Å². The van der Waals surface area contributed by atoms with Gasteiger partial charge < -0.3 is 19.6 Å². The molecule has 1 N–H and O–H groups in total. The second-order valence-electron chi connectivity index (χ2n) is 10.6. The van der Waals surface area contributed by atoms with Crippen molar-refractivity contribution in [3.8, 4) is 0 Å². The number of carbonyl (C=O) groups excluding carboxylic acids is 1. The standard InChI is InChI=1S/C27H32N8O2/c1-17-6-7-18(13-22(36)20-14-23(37-33-20)27(2,3)4)12-19(17)31-25-24-21(29-16-30-25)15-28-26(32-24)35-10-8-34(5)9-11-35/h6-7,12,14-16H,8-11,13H2,1-5H3,(H,29,30,31). The first kappa shape index (κ1) is 24.8. The van der Waals surface area contributed by atoms with Gasteiger partial charge in [0.2, 0.25) is 5.95 Å². The third kappa shape index (κ3) is 5.43. The van der Waals surface area contributed by atoms with Crippen LogP contribution < -0.4 is 10.2 Å². The fourth-order valence-corrected chi connectivity index (χ4v) is 4.17.